The highest BCUT2D eigenvalue weighted by Gasteiger charge is 2.14. The van der Waals surface area contributed by atoms with E-state index in [1.54, 1.807) is 0 Å². The summed E-state index contributed by atoms with van der Waals surface area (Å²) in [4.78, 5) is 0. The van der Waals surface area contributed by atoms with Gasteiger partial charge in [0.25, 0.3) is 0 Å². The molecular weight excluding hydrogens is 166 g/mol. The summed E-state index contributed by atoms with van der Waals surface area (Å²) in [6.45, 7) is 3.47. The molecule has 13 heavy (non-hydrogen) atoms. The quantitative estimate of drug-likeness (QED) is 0.670. The van der Waals surface area contributed by atoms with Crippen molar-refractivity contribution < 1.29 is 9.47 Å². The smallest absolute Gasteiger partial charge is 0.157 e. The number of hydrogen-bond acceptors (Lipinski definition) is 3. The summed E-state index contributed by atoms with van der Waals surface area (Å²) in [5.74, 6) is 0.315. The van der Waals surface area contributed by atoms with Crippen molar-refractivity contribution in [1.82, 2.24) is 0 Å². The van der Waals surface area contributed by atoms with Gasteiger partial charge in [-0.05, 0) is 25.2 Å². The van der Waals surface area contributed by atoms with Crippen LogP contribution in [0.1, 0.15) is 32.6 Å². The van der Waals surface area contributed by atoms with Crippen molar-refractivity contribution in [1.29, 1.82) is 5.26 Å². The van der Waals surface area contributed by atoms with Crippen molar-refractivity contribution in [2.45, 2.75) is 38.9 Å². The van der Waals surface area contributed by atoms with Crippen LogP contribution in [-0.2, 0) is 9.47 Å². The fourth-order valence-corrected chi connectivity index (χ4v) is 1.33. The predicted octanol–water partition coefficient (Wildman–Crippen LogP) is 2.08. The van der Waals surface area contributed by atoms with Gasteiger partial charge in [-0.15, -0.1) is 0 Å². The Kier molecular flexibility index (Phi) is 4.81. The number of nitriles is 1. The zero-order chi connectivity index (χ0) is 9.52. The Balaban J connectivity index is 2.07. The van der Waals surface area contributed by atoms with Gasteiger partial charge < -0.3 is 9.47 Å². The lowest BCUT2D eigenvalue weighted by atomic mass is 10.1. The van der Waals surface area contributed by atoms with E-state index in [0.29, 0.717) is 18.9 Å². The molecule has 0 unspecified atom stereocenters. The second-order valence-corrected chi connectivity index (χ2v) is 3.60. The van der Waals surface area contributed by atoms with Crippen LogP contribution in [0, 0.1) is 17.2 Å². The molecule has 0 aromatic heterocycles. The normalized spacial score (nSPS) is 25.1. The van der Waals surface area contributed by atoms with E-state index < -0.39 is 0 Å². The molecule has 74 valence electrons. The van der Waals surface area contributed by atoms with E-state index in [2.05, 4.69) is 6.07 Å². The van der Waals surface area contributed by atoms with Crippen LogP contribution < -0.4 is 0 Å². The van der Waals surface area contributed by atoms with Gasteiger partial charge in [0.05, 0.1) is 12.7 Å². The number of ether oxygens (including phenoxy) is 2. The Bertz CT molecular complexity index is 170. The van der Waals surface area contributed by atoms with Gasteiger partial charge in [-0.3, -0.25) is 0 Å². The molecule has 1 aliphatic rings. The summed E-state index contributed by atoms with van der Waals surface area (Å²) in [6, 6.07) is 2.13. The van der Waals surface area contributed by atoms with Crippen molar-refractivity contribution in [2.75, 3.05) is 13.2 Å². The fraction of sp³-hybridized carbons (Fsp3) is 0.900. The van der Waals surface area contributed by atoms with Crippen LogP contribution in [0.3, 0.4) is 0 Å². The summed E-state index contributed by atoms with van der Waals surface area (Å²) >= 11 is 0. The van der Waals surface area contributed by atoms with Crippen molar-refractivity contribution in [3.63, 3.8) is 0 Å². The third-order valence-electron chi connectivity index (χ3n) is 2.14. The summed E-state index contributed by atoms with van der Waals surface area (Å²) in [5.41, 5.74) is 0. The van der Waals surface area contributed by atoms with Gasteiger partial charge in [0.2, 0.25) is 0 Å². The molecule has 2 atom stereocenters. The number of rotatable bonds is 4. The third kappa shape index (κ3) is 4.25. The minimum Gasteiger partial charge on any atom is -0.353 e. The van der Waals surface area contributed by atoms with Gasteiger partial charge in [0, 0.05) is 13.0 Å². The number of nitrogens with zero attached hydrogens (tertiary/aromatic N) is 1. The van der Waals surface area contributed by atoms with Crippen LogP contribution in [-0.4, -0.2) is 19.5 Å². The molecule has 1 fully saturated rings. The summed E-state index contributed by atoms with van der Waals surface area (Å²) in [6.07, 6.45) is 3.88. The highest BCUT2D eigenvalue weighted by atomic mass is 16.7. The molecule has 1 saturated heterocycles. The minimum atomic E-state index is -0.0186. The average Bonchev–Trinajstić information content (AvgIpc) is 2.17. The van der Waals surface area contributed by atoms with Crippen molar-refractivity contribution >= 4 is 0 Å². The molecule has 0 amide bonds. The van der Waals surface area contributed by atoms with Gasteiger partial charge in [-0.1, -0.05) is 6.92 Å². The Morgan fingerprint density at radius 2 is 2.46 bits per heavy atom. The maximum absolute atomic E-state index is 8.44. The molecule has 3 heteroatoms. The van der Waals surface area contributed by atoms with Crippen LogP contribution >= 0.6 is 0 Å². The molecule has 0 radical (unpaired) electrons. The number of hydrogen-bond donors (Lipinski definition) is 0. The molecule has 0 aliphatic carbocycles. The molecule has 0 spiro atoms. The maximum Gasteiger partial charge on any atom is 0.157 e. The Morgan fingerprint density at radius 3 is 3.08 bits per heavy atom. The summed E-state index contributed by atoms with van der Waals surface area (Å²) in [5, 5.41) is 8.44. The zero-order valence-electron chi connectivity index (χ0n) is 8.16. The average molecular weight is 183 g/mol. The van der Waals surface area contributed by atoms with E-state index >= 15 is 0 Å². The second-order valence-electron chi connectivity index (χ2n) is 3.60. The first-order valence-corrected chi connectivity index (χ1v) is 4.93. The van der Waals surface area contributed by atoms with E-state index in [4.69, 9.17) is 14.7 Å². The molecule has 1 heterocycles. The molecule has 3 nitrogen and oxygen atoms in total. The van der Waals surface area contributed by atoms with E-state index in [0.717, 1.165) is 19.4 Å². The SMILES string of the molecule is C[C@H](CC#N)CO[C@H]1CCCCO1. The van der Waals surface area contributed by atoms with Gasteiger partial charge in [-0.25, -0.2) is 0 Å². The largest absolute Gasteiger partial charge is 0.353 e. The minimum absolute atomic E-state index is 0.0186. The first-order valence-electron chi connectivity index (χ1n) is 4.93. The molecular formula is C10H17NO2. The lowest BCUT2D eigenvalue weighted by Gasteiger charge is -2.23. The lowest BCUT2D eigenvalue weighted by molar-refractivity contribution is -0.167. The Hall–Kier alpha value is -0.590. The van der Waals surface area contributed by atoms with Crippen molar-refractivity contribution in [3.8, 4) is 6.07 Å². The van der Waals surface area contributed by atoms with Crippen LogP contribution in [0.4, 0.5) is 0 Å². The molecule has 0 N–H and O–H groups in total. The predicted molar refractivity (Wildman–Crippen MR) is 48.9 cm³/mol. The Labute approximate surface area is 79.6 Å². The molecule has 0 aromatic rings. The first kappa shape index (κ1) is 10.5. The molecule has 1 rings (SSSR count). The third-order valence-corrected chi connectivity index (χ3v) is 2.14. The fourth-order valence-electron chi connectivity index (χ4n) is 1.33. The van der Waals surface area contributed by atoms with Crippen LogP contribution in [0.15, 0.2) is 0 Å². The summed E-state index contributed by atoms with van der Waals surface area (Å²) in [7, 11) is 0. The molecule has 0 saturated carbocycles. The lowest BCUT2D eigenvalue weighted by Crippen LogP contribution is -2.24. The maximum atomic E-state index is 8.44. The van der Waals surface area contributed by atoms with E-state index in [-0.39, 0.29) is 6.29 Å². The monoisotopic (exact) mass is 183 g/mol. The van der Waals surface area contributed by atoms with Crippen LogP contribution in [0.5, 0.6) is 0 Å². The van der Waals surface area contributed by atoms with E-state index in [1.165, 1.54) is 6.42 Å². The molecule has 1 aliphatic heterocycles. The van der Waals surface area contributed by atoms with Gasteiger partial charge in [0.15, 0.2) is 6.29 Å². The van der Waals surface area contributed by atoms with Crippen LogP contribution in [0.2, 0.25) is 0 Å². The van der Waals surface area contributed by atoms with Gasteiger partial charge in [-0.2, -0.15) is 5.26 Å². The zero-order valence-corrected chi connectivity index (χ0v) is 8.16. The first-order chi connectivity index (χ1) is 6.33. The molecule has 0 bridgehead atoms. The summed E-state index contributed by atoms with van der Waals surface area (Å²) < 4.78 is 10.9. The van der Waals surface area contributed by atoms with E-state index in [1.807, 2.05) is 6.92 Å². The second kappa shape index (κ2) is 5.95. The topological polar surface area (TPSA) is 42.2 Å². The van der Waals surface area contributed by atoms with E-state index in [9.17, 15) is 0 Å². The van der Waals surface area contributed by atoms with Crippen molar-refractivity contribution in [3.05, 3.63) is 0 Å². The highest BCUT2D eigenvalue weighted by Crippen LogP contribution is 2.15. The van der Waals surface area contributed by atoms with Crippen LogP contribution in [0.25, 0.3) is 0 Å². The molecule has 0 aromatic carbocycles. The van der Waals surface area contributed by atoms with Gasteiger partial charge >= 0.3 is 0 Å². The highest BCUT2D eigenvalue weighted by molar-refractivity contribution is 4.72. The Morgan fingerprint density at radius 1 is 1.62 bits per heavy atom. The van der Waals surface area contributed by atoms with Gasteiger partial charge in [0.1, 0.15) is 0 Å². The standard InChI is InChI=1S/C10H17NO2/c1-9(5-6-11)8-13-10-4-2-3-7-12-10/h9-10H,2-5,7-8H2,1H3/t9-,10+/m1/s1. The van der Waals surface area contributed by atoms with Crippen molar-refractivity contribution in [2.24, 2.45) is 5.92 Å².